The molecule has 1 aliphatic heterocycles. The molecule has 1 aliphatic rings. The van der Waals surface area contributed by atoms with Crippen LogP contribution in [0.5, 0.6) is 0 Å². The number of nitrogens with zero attached hydrogens (tertiary/aromatic N) is 3. The average molecular weight is 339 g/mol. The van der Waals surface area contributed by atoms with E-state index in [-0.39, 0.29) is 36.7 Å². The molecule has 0 unspecified atom stereocenters. The van der Waals surface area contributed by atoms with Crippen molar-refractivity contribution in [1.29, 1.82) is 0 Å². The van der Waals surface area contributed by atoms with Gasteiger partial charge in [0.25, 0.3) is 0 Å². The molecule has 0 radical (unpaired) electrons. The molecular formula is C15H21N3O6. The first-order valence-corrected chi connectivity index (χ1v) is 6.98. The maximum atomic E-state index is 11.6. The Morgan fingerprint density at radius 2 is 0.833 bits per heavy atom. The van der Waals surface area contributed by atoms with Gasteiger partial charge in [-0.3, -0.25) is 0 Å². The molecule has 0 aromatic heterocycles. The van der Waals surface area contributed by atoms with Crippen LogP contribution in [0.3, 0.4) is 0 Å². The minimum absolute atomic E-state index is 0.0425. The second kappa shape index (κ2) is 8.39. The molecule has 0 spiro atoms. The largest absolute Gasteiger partial charge is 0.361 e. The molecule has 24 heavy (non-hydrogen) atoms. The zero-order chi connectivity index (χ0) is 18.4. The lowest BCUT2D eigenvalue weighted by Crippen LogP contribution is -2.55. The number of rotatable bonds is 6. The van der Waals surface area contributed by atoms with Crippen LogP contribution in [-0.4, -0.2) is 53.1 Å². The van der Waals surface area contributed by atoms with E-state index in [9.17, 15) is 14.4 Å². The van der Waals surface area contributed by atoms with Crippen LogP contribution in [0.25, 0.3) is 0 Å². The highest BCUT2D eigenvalue weighted by Crippen LogP contribution is 2.13. The topological polar surface area (TPSA) is 88.6 Å². The fourth-order valence-electron chi connectivity index (χ4n) is 1.42. The predicted octanol–water partition coefficient (Wildman–Crippen LogP) is 0.881. The molecule has 9 nitrogen and oxygen atoms in total. The fraction of sp³-hybridized carbons (Fsp3) is 0.400. The summed E-state index contributed by atoms with van der Waals surface area (Å²) in [7, 11) is 0. The maximum absolute atomic E-state index is 11.6. The van der Waals surface area contributed by atoms with Gasteiger partial charge >= 0.3 is 17.9 Å². The Morgan fingerprint density at radius 3 is 1.00 bits per heavy atom. The summed E-state index contributed by atoms with van der Waals surface area (Å²) in [5.74, 6) is -1.97. The summed E-state index contributed by atoms with van der Waals surface area (Å²) in [5, 5.41) is 3.45. The van der Waals surface area contributed by atoms with Gasteiger partial charge < -0.3 is 14.5 Å². The van der Waals surface area contributed by atoms with E-state index in [0.717, 1.165) is 15.2 Å². The van der Waals surface area contributed by atoms with E-state index >= 15 is 0 Å². The number of hydrogen-bond acceptors (Lipinski definition) is 9. The van der Waals surface area contributed by atoms with E-state index in [1.165, 1.54) is 20.8 Å². The van der Waals surface area contributed by atoms with Crippen molar-refractivity contribution in [1.82, 2.24) is 15.2 Å². The third-order valence-electron chi connectivity index (χ3n) is 2.63. The quantitative estimate of drug-likeness (QED) is 0.654. The van der Waals surface area contributed by atoms with Crippen molar-refractivity contribution in [3.05, 3.63) is 36.5 Å². The van der Waals surface area contributed by atoms with Crippen LogP contribution in [0, 0.1) is 0 Å². The lowest BCUT2D eigenvalue weighted by molar-refractivity contribution is -0.333. The second-order valence-corrected chi connectivity index (χ2v) is 5.35. The molecule has 132 valence electrons. The van der Waals surface area contributed by atoms with Gasteiger partial charge in [0.2, 0.25) is 0 Å². The van der Waals surface area contributed by atoms with Crippen LogP contribution in [-0.2, 0) is 28.9 Å². The molecule has 0 aromatic rings. The smallest absolute Gasteiger partial charge is 0.352 e. The van der Waals surface area contributed by atoms with E-state index in [2.05, 4.69) is 19.7 Å². The summed E-state index contributed by atoms with van der Waals surface area (Å²) in [6.07, 6.45) is 0. The fourth-order valence-corrected chi connectivity index (χ4v) is 1.42. The van der Waals surface area contributed by atoms with Gasteiger partial charge in [-0.1, -0.05) is 19.7 Å². The number of carbonyl (C=O) groups is 3. The molecule has 1 heterocycles. The van der Waals surface area contributed by atoms with Gasteiger partial charge in [0, 0.05) is 16.7 Å². The summed E-state index contributed by atoms with van der Waals surface area (Å²) in [6, 6.07) is 0. The SMILES string of the molecule is C=C(C)C(=O)ON1CN(OC(=O)C(=C)C)CN(OC(=O)C(=C)C)C1. The van der Waals surface area contributed by atoms with E-state index < -0.39 is 17.9 Å². The molecule has 1 saturated heterocycles. The van der Waals surface area contributed by atoms with Gasteiger partial charge in [-0.05, 0) is 20.8 Å². The summed E-state index contributed by atoms with van der Waals surface area (Å²) < 4.78 is 0. The average Bonchev–Trinajstić information content (AvgIpc) is 2.46. The Morgan fingerprint density at radius 1 is 0.625 bits per heavy atom. The molecule has 0 atom stereocenters. The first-order chi connectivity index (χ1) is 11.1. The molecule has 9 heteroatoms. The van der Waals surface area contributed by atoms with Crippen molar-refractivity contribution in [2.24, 2.45) is 0 Å². The van der Waals surface area contributed by atoms with Crippen molar-refractivity contribution in [3.63, 3.8) is 0 Å². The third kappa shape index (κ3) is 5.95. The van der Waals surface area contributed by atoms with E-state index in [1.807, 2.05) is 0 Å². The summed E-state index contributed by atoms with van der Waals surface area (Å²) in [6.45, 7) is 14.8. The highest BCUT2D eigenvalue weighted by Gasteiger charge is 2.31. The highest BCUT2D eigenvalue weighted by atomic mass is 16.8. The van der Waals surface area contributed by atoms with Crippen LogP contribution in [0.4, 0.5) is 0 Å². The molecule has 0 amide bonds. The van der Waals surface area contributed by atoms with Crippen LogP contribution in [0.1, 0.15) is 20.8 Å². The summed E-state index contributed by atoms with van der Waals surface area (Å²) in [4.78, 5) is 50.2. The van der Waals surface area contributed by atoms with Gasteiger partial charge in [-0.15, -0.1) is 15.2 Å². The highest BCUT2D eigenvalue weighted by molar-refractivity contribution is 5.87. The van der Waals surface area contributed by atoms with Crippen LogP contribution >= 0.6 is 0 Å². The van der Waals surface area contributed by atoms with Crippen LogP contribution in [0.15, 0.2) is 36.5 Å². The summed E-state index contributed by atoms with van der Waals surface area (Å²) in [5.41, 5.74) is 0.574. The lowest BCUT2D eigenvalue weighted by Gasteiger charge is -2.37. The lowest BCUT2D eigenvalue weighted by atomic mass is 10.4. The molecular weight excluding hydrogens is 318 g/mol. The van der Waals surface area contributed by atoms with Crippen molar-refractivity contribution in [3.8, 4) is 0 Å². The van der Waals surface area contributed by atoms with Gasteiger partial charge in [0.1, 0.15) is 20.0 Å². The van der Waals surface area contributed by atoms with Crippen molar-refractivity contribution in [2.45, 2.75) is 20.8 Å². The zero-order valence-corrected chi connectivity index (χ0v) is 14.0. The Balaban J connectivity index is 2.81. The third-order valence-corrected chi connectivity index (χ3v) is 2.63. The normalized spacial score (nSPS) is 16.1. The van der Waals surface area contributed by atoms with Gasteiger partial charge in [0.15, 0.2) is 0 Å². The first kappa shape index (κ1) is 19.6. The minimum atomic E-state index is -0.658. The van der Waals surface area contributed by atoms with Gasteiger partial charge in [-0.2, -0.15) is 0 Å². The molecule has 0 aliphatic carbocycles. The molecule has 0 saturated carbocycles. The second-order valence-electron chi connectivity index (χ2n) is 5.35. The zero-order valence-electron chi connectivity index (χ0n) is 14.0. The summed E-state index contributed by atoms with van der Waals surface area (Å²) >= 11 is 0. The Hall–Kier alpha value is -2.49. The van der Waals surface area contributed by atoms with Gasteiger partial charge in [-0.25, -0.2) is 14.4 Å². The van der Waals surface area contributed by atoms with Crippen molar-refractivity contribution >= 4 is 17.9 Å². The molecule has 1 rings (SSSR count). The van der Waals surface area contributed by atoms with Crippen LogP contribution < -0.4 is 0 Å². The standard InChI is InChI=1S/C15H21N3O6/c1-10(2)13(19)22-16-7-17(23-14(20)11(3)4)9-18(8-16)24-15(21)12(5)6/h1,3,5,7-9H2,2,4,6H3. The minimum Gasteiger partial charge on any atom is -0.361 e. The number of hydroxylamine groups is 6. The maximum Gasteiger partial charge on any atom is 0.352 e. The Labute approximate surface area is 140 Å². The molecule has 0 N–H and O–H groups in total. The Bertz CT molecular complexity index is 499. The molecule has 0 aromatic carbocycles. The number of carbonyl (C=O) groups excluding carboxylic acids is 3. The molecule has 1 fully saturated rings. The van der Waals surface area contributed by atoms with Crippen LogP contribution in [0.2, 0.25) is 0 Å². The molecule has 0 bridgehead atoms. The van der Waals surface area contributed by atoms with E-state index in [1.54, 1.807) is 0 Å². The van der Waals surface area contributed by atoms with Crippen molar-refractivity contribution < 1.29 is 28.9 Å². The van der Waals surface area contributed by atoms with Gasteiger partial charge in [0.05, 0.1) is 0 Å². The Kier molecular flexibility index (Phi) is 6.83. The predicted molar refractivity (Wildman–Crippen MR) is 82.8 cm³/mol. The van der Waals surface area contributed by atoms with E-state index in [0.29, 0.717) is 0 Å². The van der Waals surface area contributed by atoms with E-state index in [4.69, 9.17) is 14.5 Å². The monoisotopic (exact) mass is 339 g/mol. The number of hydrogen-bond donors (Lipinski definition) is 0. The van der Waals surface area contributed by atoms with Crippen molar-refractivity contribution in [2.75, 3.05) is 20.0 Å². The first-order valence-electron chi connectivity index (χ1n) is 6.98.